The Labute approximate surface area is 84.0 Å². The molecule has 0 saturated heterocycles. The van der Waals surface area contributed by atoms with Crippen molar-refractivity contribution in [1.29, 1.82) is 0 Å². The molecule has 1 nitrogen and oxygen atoms in total. The summed E-state index contributed by atoms with van der Waals surface area (Å²) in [4.78, 5) is 0. The lowest BCUT2D eigenvalue weighted by atomic mass is 10.1. The molecule has 0 atom stereocenters. The number of methoxy groups -OCH3 is 1. The van der Waals surface area contributed by atoms with Crippen molar-refractivity contribution < 1.29 is 4.74 Å². The van der Waals surface area contributed by atoms with E-state index >= 15 is 0 Å². The lowest BCUT2D eigenvalue weighted by molar-refractivity contribution is 0.414. The summed E-state index contributed by atoms with van der Waals surface area (Å²) in [6, 6.07) is 7.88. The molecule has 70 valence electrons. The molecule has 0 aromatic heterocycles. The van der Waals surface area contributed by atoms with Crippen LogP contribution in [-0.4, -0.2) is 13.0 Å². The third kappa shape index (κ3) is 2.78. The minimum atomic E-state index is 0.554. The maximum absolute atomic E-state index is 5.69. The zero-order valence-corrected chi connectivity index (χ0v) is 8.64. The molecule has 0 aliphatic carbocycles. The molecule has 1 aromatic carbocycles. The van der Waals surface area contributed by atoms with Crippen molar-refractivity contribution in [3.63, 3.8) is 0 Å². The molecular formula is C11H13ClO. The molecule has 0 N–H and O–H groups in total. The average Bonchev–Trinajstić information content (AvgIpc) is 2.18. The molecule has 0 unspecified atom stereocenters. The molecule has 13 heavy (non-hydrogen) atoms. The van der Waals surface area contributed by atoms with Gasteiger partial charge in [-0.05, 0) is 13.0 Å². The Morgan fingerprint density at radius 2 is 2.15 bits per heavy atom. The largest absolute Gasteiger partial charge is 0.496 e. The topological polar surface area (TPSA) is 9.23 Å². The zero-order valence-electron chi connectivity index (χ0n) is 7.88. The van der Waals surface area contributed by atoms with Gasteiger partial charge in [0, 0.05) is 11.4 Å². The third-order valence-electron chi connectivity index (χ3n) is 1.75. The van der Waals surface area contributed by atoms with Crippen LogP contribution in [0.5, 0.6) is 5.75 Å². The highest BCUT2D eigenvalue weighted by atomic mass is 35.5. The van der Waals surface area contributed by atoms with E-state index in [4.69, 9.17) is 16.3 Å². The Morgan fingerprint density at radius 3 is 2.77 bits per heavy atom. The van der Waals surface area contributed by atoms with E-state index in [0.717, 1.165) is 16.9 Å². The van der Waals surface area contributed by atoms with E-state index in [9.17, 15) is 0 Å². The maximum atomic E-state index is 5.69. The Balaban J connectivity index is 2.99. The van der Waals surface area contributed by atoms with Crippen molar-refractivity contribution in [2.75, 3.05) is 13.0 Å². The van der Waals surface area contributed by atoms with Crippen molar-refractivity contribution >= 4 is 17.7 Å². The molecule has 0 aliphatic heterocycles. The van der Waals surface area contributed by atoms with E-state index in [2.05, 4.69) is 0 Å². The van der Waals surface area contributed by atoms with E-state index in [1.807, 2.05) is 37.3 Å². The van der Waals surface area contributed by atoms with Gasteiger partial charge in [0.05, 0.1) is 7.11 Å². The van der Waals surface area contributed by atoms with Crippen LogP contribution in [0.15, 0.2) is 29.8 Å². The highest BCUT2D eigenvalue weighted by Gasteiger charge is 1.97. The summed E-state index contributed by atoms with van der Waals surface area (Å²) in [7, 11) is 1.67. The smallest absolute Gasteiger partial charge is 0.126 e. The summed E-state index contributed by atoms with van der Waals surface area (Å²) >= 11 is 5.69. The lowest BCUT2D eigenvalue weighted by Gasteiger charge is -2.04. The fourth-order valence-corrected chi connectivity index (χ4v) is 1.17. The van der Waals surface area contributed by atoms with Gasteiger partial charge >= 0.3 is 0 Å². The van der Waals surface area contributed by atoms with Gasteiger partial charge in [-0.25, -0.2) is 0 Å². The maximum Gasteiger partial charge on any atom is 0.126 e. The van der Waals surface area contributed by atoms with Gasteiger partial charge in [0.1, 0.15) is 5.75 Å². The van der Waals surface area contributed by atoms with Gasteiger partial charge < -0.3 is 4.74 Å². The molecule has 0 radical (unpaired) electrons. The Bertz CT molecular complexity index is 305. The normalized spacial score (nSPS) is 11.5. The number of halogens is 1. The summed E-state index contributed by atoms with van der Waals surface area (Å²) in [5.41, 5.74) is 2.20. The first-order valence-corrected chi connectivity index (χ1v) is 4.67. The van der Waals surface area contributed by atoms with Crippen molar-refractivity contribution in [2.24, 2.45) is 0 Å². The predicted molar refractivity (Wildman–Crippen MR) is 57.4 cm³/mol. The summed E-state index contributed by atoms with van der Waals surface area (Å²) in [6.45, 7) is 2.00. The molecule has 0 fully saturated rings. The van der Waals surface area contributed by atoms with Crippen molar-refractivity contribution in [3.05, 3.63) is 35.4 Å². The van der Waals surface area contributed by atoms with E-state index in [1.165, 1.54) is 0 Å². The van der Waals surface area contributed by atoms with Crippen LogP contribution >= 0.6 is 11.6 Å². The molecule has 1 aromatic rings. The number of rotatable bonds is 3. The Hall–Kier alpha value is -0.950. The second-order valence-electron chi connectivity index (χ2n) is 2.87. The van der Waals surface area contributed by atoms with Gasteiger partial charge in [-0.15, -0.1) is 11.6 Å². The molecule has 0 amide bonds. The SMILES string of the molecule is COc1ccccc1/C=C(/C)CCl. The third-order valence-corrected chi connectivity index (χ3v) is 2.17. The number of benzene rings is 1. The summed E-state index contributed by atoms with van der Waals surface area (Å²) in [5, 5.41) is 0. The summed E-state index contributed by atoms with van der Waals surface area (Å²) < 4.78 is 5.20. The van der Waals surface area contributed by atoms with E-state index in [0.29, 0.717) is 5.88 Å². The van der Waals surface area contributed by atoms with Gasteiger partial charge in [0.25, 0.3) is 0 Å². The van der Waals surface area contributed by atoms with Crippen LogP contribution in [0.1, 0.15) is 12.5 Å². The van der Waals surface area contributed by atoms with Crippen LogP contribution in [-0.2, 0) is 0 Å². The van der Waals surface area contributed by atoms with Crippen LogP contribution in [0.25, 0.3) is 6.08 Å². The first kappa shape index (κ1) is 10.1. The second-order valence-corrected chi connectivity index (χ2v) is 3.13. The van der Waals surface area contributed by atoms with Gasteiger partial charge in [-0.1, -0.05) is 29.8 Å². The summed E-state index contributed by atoms with van der Waals surface area (Å²) in [6.07, 6.45) is 2.03. The molecule has 0 spiro atoms. The van der Waals surface area contributed by atoms with Gasteiger partial charge in [-0.2, -0.15) is 0 Å². The van der Waals surface area contributed by atoms with E-state index in [-0.39, 0.29) is 0 Å². The minimum Gasteiger partial charge on any atom is -0.496 e. The van der Waals surface area contributed by atoms with E-state index < -0.39 is 0 Å². The zero-order chi connectivity index (χ0) is 9.68. The highest BCUT2D eigenvalue weighted by molar-refractivity contribution is 6.19. The molecule has 1 rings (SSSR count). The van der Waals surface area contributed by atoms with Gasteiger partial charge in [-0.3, -0.25) is 0 Å². The Kier molecular flexibility index (Phi) is 3.84. The van der Waals surface area contributed by atoms with Crippen molar-refractivity contribution in [1.82, 2.24) is 0 Å². The monoisotopic (exact) mass is 196 g/mol. The van der Waals surface area contributed by atoms with Crippen LogP contribution in [0, 0.1) is 0 Å². The van der Waals surface area contributed by atoms with Crippen LogP contribution in [0.4, 0.5) is 0 Å². The standard InChI is InChI=1S/C11H13ClO/c1-9(8-12)7-10-5-3-4-6-11(10)13-2/h3-7H,8H2,1-2H3/b9-7-. The Morgan fingerprint density at radius 1 is 1.46 bits per heavy atom. The van der Waals surface area contributed by atoms with Gasteiger partial charge in [0.2, 0.25) is 0 Å². The van der Waals surface area contributed by atoms with Gasteiger partial charge in [0.15, 0.2) is 0 Å². The molecule has 2 heteroatoms. The molecular weight excluding hydrogens is 184 g/mol. The van der Waals surface area contributed by atoms with Crippen molar-refractivity contribution in [3.8, 4) is 5.75 Å². The lowest BCUT2D eigenvalue weighted by Crippen LogP contribution is -1.87. The quantitative estimate of drug-likeness (QED) is 0.674. The number of para-hydroxylation sites is 1. The average molecular weight is 197 g/mol. The number of hydrogen-bond donors (Lipinski definition) is 0. The number of ether oxygens (including phenoxy) is 1. The first-order chi connectivity index (χ1) is 6.27. The van der Waals surface area contributed by atoms with E-state index in [1.54, 1.807) is 7.11 Å². The molecule has 0 bridgehead atoms. The summed E-state index contributed by atoms with van der Waals surface area (Å²) in [5.74, 6) is 1.44. The van der Waals surface area contributed by atoms with Crippen LogP contribution < -0.4 is 4.74 Å². The minimum absolute atomic E-state index is 0.554. The first-order valence-electron chi connectivity index (χ1n) is 4.14. The van der Waals surface area contributed by atoms with Crippen molar-refractivity contribution in [2.45, 2.75) is 6.92 Å². The predicted octanol–water partition coefficient (Wildman–Crippen LogP) is 3.34. The molecule has 0 heterocycles. The molecule has 0 saturated carbocycles. The second kappa shape index (κ2) is 4.93. The molecule has 0 aliphatic rings. The highest BCUT2D eigenvalue weighted by Crippen LogP contribution is 2.20. The van der Waals surface area contributed by atoms with Crippen LogP contribution in [0.3, 0.4) is 0 Å². The number of allylic oxidation sites excluding steroid dienone is 1. The number of hydrogen-bond acceptors (Lipinski definition) is 1. The number of alkyl halides is 1. The fraction of sp³-hybridized carbons (Fsp3) is 0.273. The van der Waals surface area contributed by atoms with Crippen LogP contribution in [0.2, 0.25) is 0 Å². The fourth-order valence-electron chi connectivity index (χ4n) is 1.09.